The van der Waals surface area contributed by atoms with Crippen molar-refractivity contribution in [2.45, 2.75) is 20.8 Å². The minimum Gasteiger partial charge on any atom is -0.369 e. The van der Waals surface area contributed by atoms with Gasteiger partial charge >= 0.3 is 0 Å². The lowest BCUT2D eigenvalue weighted by molar-refractivity contribution is 0.265. The van der Waals surface area contributed by atoms with E-state index in [1.165, 1.54) is 22.4 Å². The quantitative estimate of drug-likeness (QED) is 0.882. The van der Waals surface area contributed by atoms with Crippen molar-refractivity contribution in [2.24, 2.45) is 5.73 Å². The summed E-state index contributed by atoms with van der Waals surface area (Å²) in [7, 11) is 0. The second-order valence-electron chi connectivity index (χ2n) is 5.34. The fourth-order valence-electron chi connectivity index (χ4n) is 2.68. The largest absolute Gasteiger partial charge is 0.369 e. The molecule has 1 aliphatic heterocycles. The molecule has 0 amide bonds. The van der Waals surface area contributed by atoms with E-state index in [9.17, 15) is 0 Å². The Hall–Kier alpha value is -1.06. The molecule has 1 aromatic rings. The Morgan fingerprint density at radius 2 is 1.56 bits per heavy atom. The molecule has 2 rings (SSSR count). The van der Waals surface area contributed by atoms with Crippen LogP contribution in [0.2, 0.25) is 0 Å². The van der Waals surface area contributed by atoms with Gasteiger partial charge in [-0.1, -0.05) is 6.07 Å². The normalized spacial score (nSPS) is 17.2. The summed E-state index contributed by atoms with van der Waals surface area (Å²) in [5.74, 6) is 0. The fraction of sp³-hybridized carbons (Fsp3) is 0.600. The Kier molecular flexibility index (Phi) is 4.25. The van der Waals surface area contributed by atoms with Crippen LogP contribution in [0.25, 0.3) is 0 Å². The van der Waals surface area contributed by atoms with Gasteiger partial charge in [0, 0.05) is 45.0 Å². The second kappa shape index (κ2) is 5.72. The van der Waals surface area contributed by atoms with E-state index in [2.05, 4.69) is 42.7 Å². The first-order valence-corrected chi connectivity index (χ1v) is 6.87. The van der Waals surface area contributed by atoms with Crippen LogP contribution >= 0.6 is 0 Å². The van der Waals surface area contributed by atoms with Crippen LogP contribution in [0, 0.1) is 20.8 Å². The van der Waals surface area contributed by atoms with E-state index in [1.54, 1.807) is 0 Å². The molecule has 0 spiro atoms. The van der Waals surface area contributed by atoms with Crippen LogP contribution in [0.3, 0.4) is 0 Å². The number of rotatable bonds is 3. The highest BCUT2D eigenvalue weighted by Crippen LogP contribution is 2.25. The highest BCUT2D eigenvalue weighted by atomic mass is 15.3. The van der Waals surface area contributed by atoms with E-state index in [-0.39, 0.29) is 0 Å². The number of benzene rings is 1. The van der Waals surface area contributed by atoms with E-state index >= 15 is 0 Å². The maximum absolute atomic E-state index is 5.61. The maximum atomic E-state index is 5.61. The molecule has 0 atom stereocenters. The summed E-state index contributed by atoms with van der Waals surface area (Å²) in [6.07, 6.45) is 0. The van der Waals surface area contributed by atoms with Gasteiger partial charge in [0.25, 0.3) is 0 Å². The van der Waals surface area contributed by atoms with E-state index in [1.807, 2.05) is 0 Å². The summed E-state index contributed by atoms with van der Waals surface area (Å²) in [5, 5.41) is 0. The Balaban J connectivity index is 2.07. The van der Waals surface area contributed by atoms with Crippen LogP contribution in [0.1, 0.15) is 16.7 Å². The zero-order valence-corrected chi connectivity index (χ0v) is 11.9. The van der Waals surface area contributed by atoms with E-state index in [4.69, 9.17) is 5.73 Å². The zero-order chi connectivity index (χ0) is 13.1. The van der Waals surface area contributed by atoms with Gasteiger partial charge in [-0.05, 0) is 43.5 Å². The molecule has 1 heterocycles. The van der Waals surface area contributed by atoms with Crippen LogP contribution in [0.5, 0.6) is 0 Å². The summed E-state index contributed by atoms with van der Waals surface area (Å²) in [5.41, 5.74) is 11.2. The average Bonchev–Trinajstić information content (AvgIpc) is 2.35. The molecule has 2 N–H and O–H groups in total. The molecule has 0 radical (unpaired) electrons. The number of hydrogen-bond acceptors (Lipinski definition) is 3. The first kappa shape index (κ1) is 13.4. The van der Waals surface area contributed by atoms with Crippen molar-refractivity contribution in [2.75, 3.05) is 44.2 Å². The van der Waals surface area contributed by atoms with Crippen molar-refractivity contribution in [3.63, 3.8) is 0 Å². The van der Waals surface area contributed by atoms with Crippen molar-refractivity contribution in [1.82, 2.24) is 4.90 Å². The molecule has 0 aliphatic carbocycles. The highest BCUT2D eigenvalue weighted by Gasteiger charge is 2.18. The van der Waals surface area contributed by atoms with Gasteiger partial charge in [-0.25, -0.2) is 0 Å². The van der Waals surface area contributed by atoms with Crippen molar-refractivity contribution >= 4 is 5.69 Å². The van der Waals surface area contributed by atoms with Gasteiger partial charge in [0.1, 0.15) is 0 Å². The molecular weight excluding hydrogens is 222 g/mol. The van der Waals surface area contributed by atoms with Gasteiger partial charge in [-0.3, -0.25) is 4.90 Å². The predicted octanol–water partition coefficient (Wildman–Crippen LogP) is 1.69. The summed E-state index contributed by atoms with van der Waals surface area (Å²) in [4.78, 5) is 4.96. The first-order valence-electron chi connectivity index (χ1n) is 6.87. The van der Waals surface area contributed by atoms with Crippen molar-refractivity contribution in [3.05, 3.63) is 28.8 Å². The second-order valence-corrected chi connectivity index (χ2v) is 5.34. The Morgan fingerprint density at radius 3 is 2.17 bits per heavy atom. The smallest absolute Gasteiger partial charge is 0.0399 e. The fourth-order valence-corrected chi connectivity index (χ4v) is 2.68. The predicted molar refractivity (Wildman–Crippen MR) is 78.4 cm³/mol. The Bertz CT molecular complexity index is 406. The lowest BCUT2D eigenvalue weighted by Crippen LogP contribution is -2.48. The van der Waals surface area contributed by atoms with E-state index in [0.717, 1.165) is 39.3 Å². The van der Waals surface area contributed by atoms with Crippen LogP contribution in [-0.2, 0) is 0 Å². The third-order valence-corrected chi connectivity index (χ3v) is 3.97. The minimum absolute atomic E-state index is 0.767. The molecule has 0 aromatic heterocycles. The third kappa shape index (κ3) is 2.85. The summed E-state index contributed by atoms with van der Waals surface area (Å²) in [6.45, 7) is 12.9. The molecule has 0 bridgehead atoms. The summed E-state index contributed by atoms with van der Waals surface area (Å²) < 4.78 is 0. The standard InChI is InChI=1S/C15H25N3/c1-12-10-14(3)15(11-13(12)2)18-8-6-17(5-4-16)7-9-18/h10-11H,4-9,16H2,1-3H3. The van der Waals surface area contributed by atoms with Crippen LogP contribution < -0.4 is 10.6 Å². The van der Waals surface area contributed by atoms with Gasteiger partial charge in [-0.15, -0.1) is 0 Å². The topological polar surface area (TPSA) is 32.5 Å². The zero-order valence-electron chi connectivity index (χ0n) is 11.9. The molecule has 0 saturated carbocycles. The van der Waals surface area contributed by atoms with E-state index < -0.39 is 0 Å². The van der Waals surface area contributed by atoms with Gasteiger partial charge in [-0.2, -0.15) is 0 Å². The summed E-state index contributed by atoms with van der Waals surface area (Å²) >= 11 is 0. The number of aryl methyl sites for hydroxylation is 3. The van der Waals surface area contributed by atoms with Crippen LogP contribution in [0.15, 0.2) is 12.1 Å². The number of hydrogen-bond donors (Lipinski definition) is 1. The van der Waals surface area contributed by atoms with E-state index in [0.29, 0.717) is 0 Å². The van der Waals surface area contributed by atoms with Crippen molar-refractivity contribution in [1.29, 1.82) is 0 Å². The molecule has 1 saturated heterocycles. The Morgan fingerprint density at radius 1 is 0.944 bits per heavy atom. The molecule has 1 aliphatic rings. The number of nitrogens with zero attached hydrogens (tertiary/aromatic N) is 2. The molecule has 3 nitrogen and oxygen atoms in total. The number of piperazine rings is 1. The van der Waals surface area contributed by atoms with Gasteiger partial charge in [0.2, 0.25) is 0 Å². The average molecular weight is 247 g/mol. The third-order valence-electron chi connectivity index (χ3n) is 3.97. The summed E-state index contributed by atoms with van der Waals surface area (Å²) in [6, 6.07) is 4.64. The van der Waals surface area contributed by atoms with Crippen LogP contribution in [0.4, 0.5) is 5.69 Å². The number of anilines is 1. The Labute approximate surface area is 111 Å². The van der Waals surface area contributed by atoms with Crippen molar-refractivity contribution in [3.8, 4) is 0 Å². The molecule has 100 valence electrons. The molecular formula is C15H25N3. The van der Waals surface area contributed by atoms with Crippen molar-refractivity contribution < 1.29 is 0 Å². The molecule has 0 unspecified atom stereocenters. The molecule has 18 heavy (non-hydrogen) atoms. The first-order chi connectivity index (χ1) is 8.61. The minimum atomic E-state index is 0.767. The lowest BCUT2D eigenvalue weighted by atomic mass is 10.0. The number of nitrogens with two attached hydrogens (primary N) is 1. The van der Waals surface area contributed by atoms with Gasteiger partial charge in [0.15, 0.2) is 0 Å². The molecule has 1 fully saturated rings. The molecule has 1 aromatic carbocycles. The van der Waals surface area contributed by atoms with Crippen LogP contribution in [-0.4, -0.2) is 44.2 Å². The molecule has 3 heteroatoms. The monoisotopic (exact) mass is 247 g/mol. The van der Waals surface area contributed by atoms with Gasteiger partial charge < -0.3 is 10.6 Å². The lowest BCUT2D eigenvalue weighted by Gasteiger charge is -2.37. The SMILES string of the molecule is Cc1cc(C)c(N2CCN(CCN)CC2)cc1C. The maximum Gasteiger partial charge on any atom is 0.0399 e. The van der Waals surface area contributed by atoms with Gasteiger partial charge in [0.05, 0.1) is 0 Å². The highest BCUT2D eigenvalue weighted by molar-refractivity contribution is 5.57.